The van der Waals surface area contributed by atoms with Crippen molar-refractivity contribution in [3.8, 4) is 0 Å². The number of carbonyl (C=O) groups excluding carboxylic acids is 1. The minimum absolute atomic E-state index is 0.391. The molecule has 0 aliphatic rings. The molecule has 0 saturated heterocycles. The molecule has 0 unspecified atom stereocenters. The Morgan fingerprint density at radius 3 is 2.50 bits per heavy atom. The number of rotatable bonds is 4. The molecule has 0 atom stereocenters. The first-order valence-corrected chi connectivity index (χ1v) is 4.62. The standard InChI is InChI=1S/C9H10NOS/c10-7-8-1-3-9(4-2-8)12-6-5-11/h1-4H,6-7,10H2. The molecule has 0 bridgehead atoms. The van der Waals surface area contributed by atoms with Gasteiger partial charge in [-0.15, -0.1) is 11.8 Å². The molecule has 1 aromatic carbocycles. The summed E-state index contributed by atoms with van der Waals surface area (Å²) in [4.78, 5) is 11.0. The Bertz CT molecular complexity index is 245. The normalized spacial score (nSPS) is 9.75. The van der Waals surface area contributed by atoms with Crippen molar-refractivity contribution in [2.75, 3.05) is 5.75 Å². The van der Waals surface area contributed by atoms with Crippen LogP contribution in [0.2, 0.25) is 0 Å². The van der Waals surface area contributed by atoms with E-state index in [-0.39, 0.29) is 0 Å². The van der Waals surface area contributed by atoms with Crippen molar-refractivity contribution in [2.45, 2.75) is 11.4 Å². The molecule has 3 heteroatoms. The molecule has 0 spiro atoms. The van der Waals surface area contributed by atoms with E-state index in [0.717, 1.165) is 10.5 Å². The fraction of sp³-hybridized carbons (Fsp3) is 0.222. The highest BCUT2D eigenvalue weighted by atomic mass is 32.2. The molecule has 0 heterocycles. The number of hydrogen-bond donors (Lipinski definition) is 1. The van der Waals surface area contributed by atoms with Crippen LogP contribution in [0.1, 0.15) is 5.56 Å². The summed E-state index contributed by atoms with van der Waals surface area (Å²) in [5.41, 5.74) is 6.54. The quantitative estimate of drug-likeness (QED) is 0.711. The topological polar surface area (TPSA) is 43.1 Å². The van der Waals surface area contributed by atoms with Gasteiger partial charge >= 0.3 is 0 Å². The summed E-state index contributed by atoms with van der Waals surface area (Å²) in [5, 5.41) is 0. The highest BCUT2D eigenvalue weighted by Gasteiger charge is 1.93. The molecule has 1 rings (SSSR count). The van der Waals surface area contributed by atoms with E-state index in [1.165, 1.54) is 11.8 Å². The average Bonchev–Trinajstić information content (AvgIpc) is 2.15. The number of thioether (sulfide) groups is 1. The summed E-state index contributed by atoms with van der Waals surface area (Å²) in [6, 6.07) is 7.86. The summed E-state index contributed by atoms with van der Waals surface area (Å²) < 4.78 is 0. The van der Waals surface area contributed by atoms with Gasteiger partial charge in [0.2, 0.25) is 6.29 Å². The average molecular weight is 180 g/mol. The summed E-state index contributed by atoms with van der Waals surface area (Å²) in [6.07, 6.45) is 1.83. The van der Waals surface area contributed by atoms with Gasteiger partial charge in [0, 0.05) is 11.4 Å². The van der Waals surface area contributed by atoms with E-state index in [1.54, 1.807) is 0 Å². The largest absolute Gasteiger partial charge is 0.326 e. The second kappa shape index (κ2) is 4.95. The molecule has 0 amide bonds. The summed E-state index contributed by atoms with van der Waals surface area (Å²) in [5.74, 6) is 0.391. The fourth-order valence-electron chi connectivity index (χ4n) is 0.835. The van der Waals surface area contributed by atoms with Crippen molar-refractivity contribution >= 4 is 18.0 Å². The van der Waals surface area contributed by atoms with Gasteiger partial charge in [0.15, 0.2) is 0 Å². The molecule has 0 saturated carbocycles. The number of hydrogen-bond acceptors (Lipinski definition) is 3. The maximum absolute atomic E-state index is 9.94. The molecule has 0 aromatic heterocycles. The van der Waals surface area contributed by atoms with Gasteiger partial charge < -0.3 is 5.73 Å². The highest BCUT2D eigenvalue weighted by molar-refractivity contribution is 7.99. The zero-order valence-corrected chi connectivity index (χ0v) is 7.43. The van der Waals surface area contributed by atoms with Gasteiger partial charge in [0.25, 0.3) is 0 Å². The van der Waals surface area contributed by atoms with Crippen LogP contribution in [-0.4, -0.2) is 12.0 Å². The van der Waals surface area contributed by atoms with E-state index in [9.17, 15) is 4.79 Å². The van der Waals surface area contributed by atoms with Crippen molar-refractivity contribution < 1.29 is 4.79 Å². The van der Waals surface area contributed by atoms with Crippen molar-refractivity contribution in [2.24, 2.45) is 5.73 Å². The Balaban J connectivity index is 2.58. The van der Waals surface area contributed by atoms with E-state index >= 15 is 0 Å². The monoisotopic (exact) mass is 180 g/mol. The van der Waals surface area contributed by atoms with Crippen LogP contribution in [0.3, 0.4) is 0 Å². The highest BCUT2D eigenvalue weighted by Crippen LogP contribution is 2.16. The van der Waals surface area contributed by atoms with Gasteiger partial charge in [0.05, 0.1) is 5.75 Å². The molecular weight excluding hydrogens is 170 g/mol. The van der Waals surface area contributed by atoms with E-state index in [1.807, 2.05) is 30.6 Å². The third-order valence-corrected chi connectivity index (χ3v) is 2.32. The maximum Gasteiger partial charge on any atom is 0.209 e. The van der Waals surface area contributed by atoms with Crippen molar-refractivity contribution in [3.05, 3.63) is 29.8 Å². The molecule has 63 valence electrons. The third-order valence-electron chi connectivity index (χ3n) is 1.46. The summed E-state index contributed by atoms with van der Waals surface area (Å²) in [6.45, 7) is 0.560. The smallest absolute Gasteiger partial charge is 0.209 e. The van der Waals surface area contributed by atoms with E-state index in [0.29, 0.717) is 12.3 Å². The lowest BCUT2D eigenvalue weighted by Crippen LogP contribution is -1.94. The maximum atomic E-state index is 9.94. The molecule has 1 aromatic rings. The van der Waals surface area contributed by atoms with Crippen LogP contribution in [0, 0.1) is 0 Å². The lowest BCUT2D eigenvalue weighted by molar-refractivity contribution is 0.560. The van der Waals surface area contributed by atoms with Crippen LogP contribution in [0.25, 0.3) is 0 Å². The van der Waals surface area contributed by atoms with Gasteiger partial charge in [-0.3, -0.25) is 4.79 Å². The lowest BCUT2D eigenvalue weighted by Gasteiger charge is -1.98. The van der Waals surface area contributed by atoms with Crippen molar-refractivity contribution in [1.82, 2.24) is 0 Å². The molecule has 0 aliphatic carbocycles. The molecule has 0 fully saturated rings. The van der Waals surface area contributed by atoms with Gasteiger partial charge in [-0.25, -0.2) is 0 Å². The lowest BCUT2D eigenvalue weighted by atomic mass is 10.2. The Kier molecular flexibility index (Phi) is 3.84. The number of benzene rings is 1. The third kappa shape index (κ3) is 2.68. The van der Waals surface area contributed by atoms with Crippen LogP contribution < -0.4 is 5.73 Å². The summed E-state index contributed by atoms with van der Waals surface area (Å²) in [7, 11) is 0. The number of nitrogens with two attached hydrogens (primary N) is 1. The zero-order chi connectivity index (χ0) is 8.81. The first-order valence-electron chi connectivity index (χ1n) is 3.63. The van der Waals surface area contributed by atoms with Gasteiger partial charge in [-0.1, -0.05) is 12.1 Å². The molecule has 0 aliphatic heterocycles. The second-order valence-electron chi connectivity index (χ2n) is 2.28. The fourth-order valence-corrected chi connectivity index (χ4v) is 1.39. The summed E-state index contributed by atoms with van der Waals surface area (Å²) >= 11 is 1.48. The molecular formula is C9H10NOS. The first kappa shape index (κ1) is 9.29. The van der Waals surface area contributed by atoms with Gasteiger partial charge in [0.1, 0.15) is 0 Å². The van der Waals surface area contributed by atoms with Gasteiger partial charge in [-0.05, 0) is 17.7 Å². The predicted octanol–water partition coefficient (Wildman–Crippen LogP) is 1.35. The minimum Gasteiger partial charge on any atom is -0.326 e. The minimum atomic E-state index is 0.391. The van der Waals surface area contributed by atoms with Gasteiger partial charge in [-0.2, -0.15) is 0 Å². The molecule has 2 N–H and O–H groups in total. The van der Waals surface area contributed by atoms with Crippen LogP contribution >= 0.6 is 11.8 Å². The zero-order valence-electron chi connectivity index (χ0n) is 6.62. The first-order chi connectivity index (χ1) is 5.86. The Morgan fingerprint density at radius 2 is 2.00 bits per heavy atom. The van der Waals surface area contributed by atoms with E-state index in [4.69, 9.17) is 5.73 Å². The molecule has 2 nitrogen and oxygen atoms in total. The van der Waals surface area contributed by atoms with Crippen LogP contribution in [-0.2, 0) is 11.3 Å². The van der Waals surface area contributed by atoms with Crippen molar-refractivity contribution in [1.29, 1.82) is 0 Å². The second-order valence-corrected chi connectivity index (χ2v) is 3.33. The van der Waals surface area contributed by atoms with E-state index in [2.05, 4.69) is 0 Å². The molecule has 1 radical (unpaired) electrons. The van der Waals surface area contributed by atoms with Crippen LogP contribution in [0.5, 0.6) is 0 Å². The Labute approximate surface area is 76.2 Å². The SMILES string of the molecule is NCc1ccc(SC[C]=O)cc1. The molecule has 12 heavy (non-hydrogen) atoms. The predicted molar refractivity (Wildman–Crippen MR) is 50.8 cm³/mol. The van der Waals surface area contributed by atoms with Crippen LogP contribution in [0.15, 0.2) is 29.2 Å². The van der Waals surface area contributed by atoms with Crippen molar-refractivity contribution in [3.63, 3.8) is 0 Å². The Morgan fingerprint density at radius 1 is 1.33 bits per heavy atom. The Hall–Kier alpha value is -0.800. The van der Waals surface area contributed by atoms with E-state index < -0.39 is 0 Å². The van der Waals surface area contributed by atoms with Crippen LogP contribution in [0.4, 0.5) is 0 Å².